The first-order valence-corrected chi connectivity index (χ1v) is 5.85. The fraction of sp³-hybridized carbons (Fsp3) is 0.833. The number of carbonyl (C=O) groups excluding carboxylic acids is 2. The second-order valence-electron chi connectivity index (χ2n) is 4.94. The van der Waals surface area contributed by atoms with Crippen LogP contribution in [0.15, 0.2) is 0 Å². The van der Waals surface area contributed by atoms with Gasteiger partial charge in [-0.2, -0.15) is 0 Å². The fourth-order valence-electron chi connectivity index (χ4n) is 1.50. The molecule has 4 heteroatoms. The van der Waals surface area contributed by atoms with Crippen molar-refractivity contribution >= 4 is 11.8 Å². The Balaban J connectivity index is 4.37. The van der Waals surface area contributed by atoms with E-state index >= 15 is 0 Å². The summed E-state index contributed by atoms with van der Waals surface area (Å²) in [5.74, 6) is 0.545. The molecule has 0 aliphatic rings. The lowest BCUT2D eigenvalue weighted by molar-refractivity contribution is -0.136. The smallest absolute Gasteiger partial charge is 0.232 e. The number of amides is 2. The van der Waals surface area contributed by atoms with Gasteiger partial charge in [-0.25, -0.2) is 0 Å². The van der Waals surface area contributed by atoms with Crippen LogP contribution in [-0.4, -0.2) is 36.9 Å². The summed E-state index contributed by atoms with van der Waals surface area (Å²) in [4.78, 5) is 24.8. The van der Waals surface area contributed by atoms with E-state index in [-0.39, 0.29) is 18.2 Å². The van der Waals surface area contributed by atoms with Gasteiger partial charge in [0.2, 0.25) is 11.8 Å². The first-order valence-electron chi connectivity index (χ1n) is 5.85. The van der Waals surface area contributed by atoms with E-state index in [0.717, 1.165) is 0 Å². The van der Waals surface area contributed by atoms with E-state index in [9.17, 15) is 9.59 Å². The van der Waals surface area contributed by atoms with Crippen LogP contribution < -0.4 is 5.32 Å². The van der Waals surface area contributed by atoms with Crippen molar-refractivity contribution < 1.29 is 9.59 Å². The average Bonchev–Trinajstić information content (AvgIpc) is 2.15. The fourth-order valence-corrected chi connectivity index (χ4v) is 1.50. The van der Waals surface area contributed by atoms with Crippen LogP contribution in [0.4, 0.5) is 0 Å². The van der Waals surface area contributed by atoms with Crippen LogP contribution in [0.25, 0.3) is 0 Å². The third-order valence-corrected chi connectivity index (χ3v) is 2.11. The molecule has 0 atom stereocenters. The molecule has 0 aromatic rings. The van der Waals surface area contributed by atoms with E-state index in [2.05, 4.69) is 33.0 Å². The van der Waals surface area contributed by atoms with Crippen LogP contribution in [0.1, 0.15) is 34.1 Å². The van der Waals surface area contributed by atoms with Crippen molar-refractivity contribution in [1.82, 2.24) is 10.2 Å². The number of hydrogen-bond donors (Lipinski definition) is 1. The van der Waals surface area contributed by atoms with Crippen molar-refractivity contribution in [2.75, 3.05) is 20.1 Å². The first-order chi connectivity index (χ1) is 7.36. The summed E-state index contributed by atoms with van der Waals surface area (Å²) in [7, 11) is 1.55. The zero-order valence-corrected chi connectivity index (χ0v) is 11.0. The van der Waals surface area contributed by atoms with Gasteiger partial charge in [-0.1, -0.05) is 27.7 Å². The molecule has 0 aliphatic carbocycles. The molecule has 0 saturated carbocycles. The van der Waals surface area contributed by atoms with Crippen molar-refractivity contribution in [2.45, 2.75) is 34.1 Å². The molecular weight excluding hydrogens is 204 g/mol. The Bertz CT molecular complexity index is 227. The highest BCUT2D eigenvalue weighted by atomic mass is 16.2. The number of carbonyl (C=O) groups is 2. The molecule has 0 aromatic heterocycles. The Labute approximate surface area is 98.4 Å². The molecule has 0 saturated heterocycles. The van der Waals surface area contributed by atoms with Crippen LogP contribution in [0.3, 0.4) is 0 Å². The van der Waals surface area contributed by atoms with Crippen molar-refractivity contribution in [3.05, 3.63) is 0 Å². The predicted octanol–water partition coefficient (Wildman–Crippen LogP) is 1.26. The molecule has 0 bridgehead atoms. The Hall–Kier alpha value is -1.06. The lowest BCUT2D eigenvalue weighted by Crippen LogP contribution is -2.39. The van der Waals surface area contributed by atoms with Crippen LogP contribution >= 0.6 is 0 Å². The van der Waals surface area contributed by atoms with Gasteiger partial charge in [0.15, 0.2) is 0 Å². The minimum absolute atomic E-state index is 0.0457. The van der Waals surface area contributed by atoms with Crippen LogP contribution in [0.2, 0.25) is 0 Å². The molecule has 2 amide bonds. The minimum atomic E-state index is -0.220. The zero-order chi connectivity index (χ0) is 12.7. The van der Waals surface area contributed by atoms with Gasteiger partial charge in [0.25, 0.3) is 0 Å². The summed E-state index contributed by atoms with van der Waals surface area (Å²) >= 11 is 0. The molecule has 0 radical (unpaired) electrons. The number of nitrogens with one attached hydrogen (secondary N) is 1. The Morgan fingerprint density at radius 3 is 1.81 bits per heavy atom. The van der Waals surface area contributed by atoms with Gasteiger partial charge in [0, 0.05) is 20.1 Å². The third kappa shape index (κ3) is 6.43. The van der Waals surface area contributed by atoms with Gasteiger partial charge in [-0.05, 0) is 11.8 Å². The van der Waals surface area contributed by atoms with Gasteiger partial charge in [0.05, 0.1) is 0 Å². The summed E-state index contributed by atoms with van der Waals surface area (Å²) < 4.78 is 0. The maximum absolute atomic E-state index is 11.8. The van der Waals surface area contributed by atoms with Crippen LogP contribution in [0.5, 0.6) is 0 Å². The Kier molecular flexibility index (Phi) is 6.77. The van der Waals surface area contributed by atoms with Gasteiger partial charge >= 0.3 is 0 Å². The van der Waals surface area contributed by atoms with Crippen molar-refractivity contribution in [1.29, 1.82) is 0 Å². The van der Waals surface area contributed by atoms with Crippen molar-refractivity contribution in [3.63, 3.8) is 0 Å². The van der Waals surface area contributed by atoms with E-state index in [4.69, 9.17) is 0 Å². The minimum Gasteiger partial charge on any atom is -0.359 e. The third-order valence-electron chi connectivity index (χ3n) is 2.11. The Morgan fingerprint density at radius 1 is 1.06 bits per heavy atom. The summed E-state index contributed by atoms with van der Waals surface area (Å²) in [6.07, 6.45) is -0.0457. The second-order valence-corrected chi connectivity index (χ2v) is 4.94. The van der Waals surface area contributed by atoms with Crippen molar-refractivity contribution in [3.8, 4) is 0 Å². The van der Waals surface area contributed by atoms with Crippen LogP contribution in [-0.2, 0) is 9.59 Å². The van der Waals surface area contributed by atoms with E-state index in [1.54, 1.807) is 11.9 Å². The lowest BCUT2D eigenvalue weighted by Gasteiger charge is -2.26. The molecule has 16 heavy (non-hydrogen) atoms. The topological polar surface area (TPSA) is 49.4 Å². The predicted molar refractivity (Wildman–Crippen MR) is 64.9 cm³/mol. The standard InChI is InChI=1S/C12H24N2O2/c1-9(2)7-14(8-10(3)4)12(16)6-11(15)13-5/h9-10H,6-8H2,1-5H3,(H,13,15). The van der Waals surface area contributed by atoms with E-state index in [1.165, 1.54) is 0 Å². The number of nitrogens with zero attached hydrogens (tertiary/aromatic N) is 1. The van der Waals surface area contributed by atoms with E-state index < -0.39 is 0 Å². The highest BCUT2D eigenvalue weighted by Crippen LogP contribution is 2.05. The normalized spacial score (nSPS) is 10.7. The molecule has 4 nitrogen and oxygen atoms in total. The molecule has 0 unspecified atom stereocenters. The number of rotatable bonds is 6. The molecule has 0 fully saturated rings. The summed E-state index contributed by atoms with van der Waals surface area (Å²) in [6, 6.07) is 0. The van der Waals surface area contributed by atoms with Gasteiger partial charge in [-0.3, -0.25) is 9.59 Å². The molecule has 0 aromatic carbocycles. The molecule has 0 spiro atoms. The monoisotopic (exact) mass is 228 g/mol. The summed E-state index contributed by atoms with van der Waals surface area (Å²) in [5, 5.41) is 2.47. The first kappa shape index (κ1) is 14.9. The van der Waals surface area contributed by atoms with Gasteiger partial charge in [-0.15, -0.1) is 0 Å². The zero-order valence-electron chi connectivity index (χ0n) is 11.0. The maximum Gasteiger partial charge on any atom is 0.232 e. The maximum atomic E-state index is 11.8. The largest absolute Gasteiger partial charge is 0.359 e. The highest BCUT2D eigenvalue weighted by molar-refractivity contribution is 5.96. The molecule has 0 heterocycles. The Morgan fingerprint density at radius 2 is 1.50 bits per heavy atom. The van der Waals surface area contributed by atoms with Crippen molar-refractivity contribution in [2.24, 2.45) is 11.8 Å². The number of hydrogen-bond acceptors (Lipinski definition) is 2. The molecular formula is C12H24N2O2. The molecule has 94 valence electrons. The second kappa shape index (κ2) is 7.25. The summed E-state index contributed by atoms with van der Waals surface area (Å²) in [6.45, 7) is 9.71. The highest BCUT2D eigenvalue weighted by Gasteiger charge is 2.18. The molecule has 0 aliphatic heterocycles. The van der Waals surface area contributed by atoms with Crippen LogP contribution in [0, 0.1) is 11.8 Å². The van der Waals surface area contributed by atoms with E-state index in [1.807, 2.05) is 0 Å². The SMILES string of the molecule is CNC(=O)CC(=O)N(CC(C)C)CC(C)C. The lowest BCUT2D eigenvalue weighted by atomic mass is 10.1. The molecule has 1 N–H and O–H groups in total. The quantitative estimate of drug-likeness (QED) is 0.696. The van der Waals surface area contributed by atoms with E-state index in [0.29, 0.717) is 24.9 Å². The van der Waals surface area contributed by atoms with Gasteiger partial charge in [0.1, 0.15) is 6.42 Å². The molecule has 0 rings (SSSR count). The summed E-state index contributed by atoms with van der Waals surface area (Å²) in [5.41, 5.74) is 0. The van der Waals surface area contributed by atoms with Gasteiger partial charge < -0.3 is 10.2 Å². The average molecular weight is 228 g/mol.